The number of benzene rings is 1. The lowest BCUT2D eigenvalue weighted by molar-refractivity contribution is 0.203. The Morgan fingerprint density at radius 3 is 2.42 bits per heavy atom. The molecule has 0 fully saturated rings. The smallest absolute Gasteiger partial charge is 0.0669 e. The Morgan fingerprint density at radius 2 is 1.92 bits per heavy atom. The van der Waals surface area contributed by atoms with E-state index in [1.54, 1.807) is 0 Å². The summed E-state index contributed by atoms with van der Waals surface area (Å²) in [7, 11) is 0. The van der Waals surface area contributed by atoms with E-state index in [2.05, 4.69) is 22.6 Å². The number of aliphatic hydroxyl groups is 1. The monoisotopic (exact) mass is 296 g/mol. The molecule has 0 saturated heterocycles. The quantitative estimate of drug-likeness (QED) is 0.672. The van der Waals surface area contributed by atoms with Gasteiger partial charge in [-0.2, -0.15) is 0 Å². The number of hydrogen-bond donors (Lipinski definition) is 1. The molecule has 0 heterocycles. The van der Waals surface area contributed by atoms with Crippen LogP contribution in [-0.2, 0) is 6.42 Å². The summed E-state index contributed by atoms with van der Waals surface area (Å²) in [4.78, 5) is 0. The SMILES string of the molecule is OC(CI)Cc1ccc(Cl)cc1. The number of aliphatic hydroxyl groups excluding tert-OH is 1. The Balaban J connectivity index is 2.58. The maximum atomic E-state index is 9.34. The van der Waals surface area contributed by atoms with Gasteiger partial charge >= 0.3 is 0 Å². The second-order valence-corrected chi connectivity index (χ2v) is 3.96. The molecule has 0 radical (unpaired) electrons. The molecule has 66 valence electrons. The summed E-state index contributed by atoms with van der Waals surface area (Å²) in [5, 5.41) is 10.1. The van der Waals surface area contributed by atoms with E-state index < -0.39 is 0 Å². The molecular weight excluding hydrogens is 286 g/mol. The highest BCUT2D eigenvalue weighted by atomic mass is 127. The van der Waals surface area contributed by atoms with E-state index in [-0.39, 0.29) is 6.10 Å². The molecule has 1 N–H and O–H groups in total. The van der Waals surface area contributed by atoms with Crippen molar-refractivity contribution < 1.29 is 5.11 Å². The first-order valence-electron chi connectivity index (χ1n) is 3.71. The molecule has 0 saturated carbocycles. The Bertz CT molecular complexity index is 235. The van der Waals surface area contributed by atoms with Crippen LogP contribution in [0.3, 0.4) is 0 Å². The van der Waals surface area contributed by atoms with Crippen molar-refractivity contribution in [2.45, 2.75) is 12.5 Å². The molecule has 12 heavy (non-hydrogen) atoms. The van der Waals surface area contributed by atoms with Gasteiger partial charge in [-0.25, -0.2) is 0 Å². The summed E-state index contributed by atoms with van der Waals surface area (Å²) in [6, 6.07) is 7.57. The number of alkyl halides is 1. The summed E-state index contributed by atoms with van der Waals surface area (Å²) < 4.78 is 0.764. The first-order valence-corrected chi connectivity index (χ1v) is 5.61. The zero-order chi connectivity index (χ0) is 8.97. The Hall–Kier alpha value is 0.200. The number of halogens is 2. The lowest BCUT2D eigenvalue weighted by Gasteiger charge is -2.05. The first kappa shape index (κ1) is 10.3. The standard InChI is InChI=1S/C9H10ClIO/c10-8-3-1-7(2-4-8)5-9(12)6-11/h1-4,9,12H,5-6H2. The van der Waals surface area contributed by atoms with Crippen LogP contribution >= 0.6 is 34.2 Å². The molecule has 1 aromatic rings. The minimum Gasteiger partial charge on any atom is -0.392 e. The fourth-order valence-corrected chi connectivity index (χ4v) is 1.38. The minimum absolute atomic E-state index is 0.244. The third-order valence-electron chi connectivity index (χ3n) is 1.56. The third-order valence-corrected chi connectivity index (χ3v) is 2.83. The van der Waals surface area contributed by atoms with Crippen molar-refractivity contribution in [1.82, 2.24) is 0 Å². The van der Waals surface area contributed by atoms with Gasteiger partial charge in [0, 0.05) is 9.45 Å². The van der Waals surface area contributed by atoms with Gasteiger partial charge in [-0.1, -0.05) is 46.3 Å². The van der Waals surface area contributed by atoms with E-state index in [1.165, 1.54) is 0 Å². The fraction of sp³-hybridized carbons (Fsp3) is 0.333. The predicted octanol–water partition coefficient (Wildman–Crippen LogP) is 2.68. The molecule has 0 aliphatic carbocycles. The largest absolute Gasteiger partial charge is 0.392 e. The van der Waals surface area contributed by atoms with Gasteiger partial charge in [0.05, 0.1) is 6.10 Å². The topological polar surface area (TPSA) is 20.2 Å². The molecule has 1 unspecified atom stereocenters. The highest BCUT2D eigenvalue weighted by molar-refractivity contribution is 14.1. The highest BCUT2D eigenvalue weighted by Crippen LogP contribution is 2.11. The van der Waals surface area contributed by atoms with E-state index in [1.807, 2.05) is 24.3 Å². The Kier molecular flexibility index (Phi) is 4.32. The summed E-state index contributed by atoms with van der Waals surface area (Å²) in [6.45, 7) is 0. The maximum Gasteiger partial charge on any atom is 0.0669 e. The molecule has 1 atom stereocenters. The van der Waals surface area contributed by atoms with Gasteiger partial charge in [0.25, 0.3) is 0 Å². The van der Waals surface area contributed by atoms with E-state index in [0.29, 0.717) is 6.42 Å². The van der Waals surface area contributed by atoms with Crippen LogP contribution in [0.5, 0.6) is 0 Å². The van der Waals surface area contributed by atoms with Crippen LogP contribution in [0.1, 0.15) is 5.56 Å². The normalized spacial score (nSPS) is 12.9. The van der Waals surface area contributed by atoms with E-state index in [4.69, 9.17) is 11.6 Å². The minimum atomic E-state index is -0.244. The third kappa shape index (κ3) is 3.29. The fourth-order valence-electron chi connectivity index (χ4n) is 0.947. The van der Waals surface area contributed by atoms with Crippen LogP contribution in [0, 0.1) is 0 Å². The van der Waals surface area contributed by atoms with Crippen molar-refractivity contribution in [2.75, 3.05) is 4.43 Å². The molecule has 1 rings (SSSR count). The van der Waals surface area contributed by atoms with Crippen LogP contribution in [0.25, 0.3) is 0 Å². The van der Waals surface area contributed by atoms with E-state index in [9.17, 15) is 5.11 Å². The summed E-state index contributed by atoms with van der Waals surface area (Å²) in [5.74, 6) is 0. The van der Waals surface area contributed by atoms with Gasteiger partial charge < -0.3 is 5.11 Å². The molecule has 1 aromatic carbocycles. The van der Waals surface area contributed by atoms with Gasteiger partial charge in [-0.3, -0.25) is 0 Å². The van der Waals surface area contributed by atoms with Gasteiger partial charge in [-0.05, 0) is 24.1 Å². The van der Waals surface area contributed by atoms with Crippen molar-refractivity contribution in [1.29, 1.82) is 0 Å². The average molecular weight is 297 g/mol. The molecular formula is C9H10ClIO. The van der Waals surface area contributed by atoms with Gasteiger partial charge in [0.1, 0.15) is 0 Å². The second kappa shape index (κ2) is 5.04. The zero-order valence-electron chi connectivity index (χ0n) is 6.50. The lowest BCUT2D eigenvalue weighted by Crippen LogP contribution is -2.11. The van der Waals surface area contributed by atoms with Gasteiger partial charge in [0.2, 0.25) is 0 Å². The molecule has 0 aliphatic rings. The summed E-state index contributed by atoms with van der Waals surface area (Å²) in [5.41, 5.74) is 1.13. The van der Waals surface area contributed by atoms with Crippen molar-refractivity contribution >= 4 is 34.2 Å². The molecule has 0 bridgehead atoms. The predicted molar refractivity (Wildman–Crippen MR) is 60.0 cm³/mol. The first-order chi connectivity index (χ1) is 5.72. The van der Waals surface area contributed by atoms with Crippen LogP contribution in [0.15, 0.2) is 24.3 Å². The van der Waals surface area contributed by atoms with E-state index in [0.717, 1.165) is 15.0 Å². The maximum absolute atomic E-state index is 9.34. The van der Waals surface area contributed by atoms with Crippen molar-refractivity contribution in [3.05, 3.63) is 34.9 Å². The van der Waals surface area contributed by atoms with E-state index >= 15 is 0 Å². The van der Waals surface area contributed by atoms with Crippen LogP contribution in [-0.4, -0.2) is 15.6 Å². The molecule has 1 nitrogen and oxygen atoms in total. The van der Waals surface area contributed by atoms with Crippen LogP contribution in [0.2, 0.25) is 5.02 Å². The number of rotatable bonds is 3. The van der Waals surface area contributed by atoms with Gasteiger partial charge in [-0.15, -0.1) is 0 Å². The zero-order valence-corrected chi connectivity index (χ0v) is 9.42. The Labute approximate surface area is 90.9 Å². The van der Waals surface area contributed by atoms with Crippen LogP contribution in [0.4, 0.5) is 0 Å². The molecule has 0 aromatic heterocycles. The van der Waals surface area contributed by atoms with Crippen molar-refractivity contribution in [2.24, 2.45) is 0 Å². The summed E-state index contributed by atoms with van der Waals surface area (Å²) >= 11 is 7.89. The number of hydrogen-bond acceptors (Lipinski definition) is 1. The van der Waals surface area contributed by atoms with Crippen molar-refractivity contribution in [3.8, 4) is 0 Å². The molecule has 0 aliphatic heterocycles. The Morgan fingerprint density at radius 1 is 1.33 bits per heavy atom. The van der Waals surface area contributed by atoms with Gasteiger partial charge in [0.15, 0.2) is 0 Å². The molecule has 3 heteroatoms. The highest BCUT2D eigenvalue weighted by Gasteiger charge is 2.02. The van der Waals surface area contributed by atoms with Crippen molar-refractivity contribution in [3.63, 3.8) is 0 Å². The lowest BCUT2D eigenvalue weighted by atomic mass is 10.1. The second-order valence-electron chi connectivity index (χ2n) is 2.64. The average Bonchev–Trinajstić information content (AvgIpc) is 2.09. The molecule has 0 spiro atoms. The summed E-state index contributed by atoms with van der Waals surface area (Å²) in [6.07, 6.45) is 0.465. The molecule has 0 amide bonds. The van der Waals surface area contributed by atoms with Crippen LogP contribution < -0.4 is 0 Å².